The SMILES string of the molecule is CCC(C)(C)C1CCC(NC(=O)c2n[nH]c3c2CNCC3)CC1.Cl. The third-order valence-corrected chi connectivity index (χ3v) is 6.10. The number of aromatic amines is 1. The van der Waals surface area contributed by atoms with Crippen molar-refractivity contribution in [1.82, 2.24) is 20.8 Å². The maximum absolute atomic E-state index is 12.6. The van der Waals surface area contributed by atoms with Crippen LogP contribution in [0.2, 0.25) is 0 Å². The Kier molecular flexibility index (Phi) is 6.32. The van der Waals surface area contributed by atoms with Gasteiger partial charge in [0.25, 0.3) is 5.91 Å². The molecule has 0 aromatic carbocycles. The molecule has 1 saturated carbocycles. The van der Waals surface area contributed by atoms with Crippen LogP contribution in [0.4, 0.5) is 0 Å². The molecule has 5 nitrogen and oxygen atoms in total. The van der Waals surface area contributed by atoms with Crippen LogP contribution in [0, 0.1) is 11.3 Å². The van der Waals surface area contributed by atoms with E-state index < -0.39 is 0 Å². The van der Waals surface area contributed by atoms with Gasteiger partial charge in [-0.1, -0.05) is 27.2 Å². The van der Waals surface area contributed by atoms with E-state index in [4.69, 9.17) is 0 Å². The van der Waals surface area contributed by atoms with Crippen LogP contribution in [-0.2, 0) is 13.0 Å². The highest BCUT2D eigenvalue weighted by Crippen LogP contribution is 2.40. The summed E-state index contributed by atoms with van der Waals surface area (Å²) in [6.45, 7) is 8.72. The largest absolute Gasteiger partial charge is 0.348 e. The average Bonchev–Trinajstić information content (AvgIpc) is 2.99. The zero-order chi connectivity index (χ0) is 16.4. The van der Waals surface area contributed by atoms with Crippen LogP contribution in [0.1, 0.15) is 74.6 Å². The van der Waals surface area contributed by atoms with Gasteiger partial charge in [-0.05, 0) is 37.0 Å². The van der Waals surface area contributed by atoms with E-state index in [1.807, 2.05) is 0 Å². The van der Waals surface area contributed by atoms with Gasteiger partial charge in [0, 0.05) is 36.8 Å². The fraction of sp³-hybridized carbons (Fsp3) is 0.778. The molecular weight excluding hydrogens is 324 g/mol. The van der Waals surface area contributed by atoms with Gasteiger partial charge in [-0.25, -0.2) is 0 Å². The number of nitrogens with zero attached hydrogens (tertiary/aromatic N) is 1. The Morgan fingerprint density at radius 2 is 2.00 bits per heavy atom. The van der Waals surface area contributed by atoms with Crippen molar-refractivity contribution in [1.29, 1.82) is 0 Å². The van der Waals surface area contributed by atoms with E-state index in [0.29, 0.717) is 17.2 Å². The summed E-state index contributed by atoms with van der Waals surface area (Å²) < 4.78 is 0. The Labute approximate surface area is 151 Å². The highest BCUT2D eigenvalue weighted by atomic mass is 35.5. The van der Waals surface area contributed by atoms with Crippen molar-refractivity contribution in [2.24, 2.45) is 11.3 Å². The van der Waals surface area contributed by atoms with Crippen molar-refractivity contribution in [3.8, 4) is 0 Å². The van der Waals surface area contributed by atoms with Crippen LogP contribution in [-0.4, -0.2) is 28.7 Å². The minimum Gasteiger partial charge on any atom is -0.348 e. The maximum Gasteiger partial charge on any atom is 0.272 e. The first-order valence-corrected chi connectivity index (χ1v) is 9.09. The molecule has 0 bridgehead atoms. The molecule has 3 N–H and O–H groups in total. The van der Waals surface area contributed by atoms with Crippen LogP contribution in [0.3, 0.4) is 0 Å². The van der Waals surface area contributed by atoms with E-state index in [1.54, 1.807) is 0 Å². The molecule has 1 aromatic heterocycles. The lowest BCUT2D eigenvalue weighted by atomic mass is 9.69. The Morgan fingerprint density at radius 1 is 1.29 bits per heavy atom. The quantitative estimate of drug-likeness (QED) is 0.777. The molecular formula is C18H31ClN4O. The van der Waals surface area contributed by atoms with Gasteiger partial charge in [0.15, 0.2) is 5.69 Å². The minimum atomic E-state index is -0.00981. The minimum absolute atomic E-state index is 0. The number of rotatable bonds is 4. The predicted octanol–water partition coefficient (Wildman–Crippen LogP) is 3.20. The summed E-state index contributed by atoms with van der Waals surface area (Å²) in [6.07, 6.45) is 6.75. The molecule has 0 saturated heterocycles. The van der Waals surface area contributed by atoms with Gasteiger partial charge in [-0.2, -0.15) is 5.10 Å². The van der Waals surface area contributed by atoms with E-state index >= 15 is 0 Å². The molecule has 136 valence electrons. The van der Waals surface area contributed by atoms with Crippen LogP contribution >= 0.6 is 12.4 Å². The topological polar surface area (TPSA) is 69.8 Å². The number of carbonyl (C=O) groups is 1. The molecule has 0 radical (unpaired) electrons. The summed E-state index contributed by atoms with van der Waals surface area (Å²) in [6, 6.07) is 0.301. The number of H-pyrrole nitrogens is 1. The van der Waals surface area contributed by atoms with Crippen molar-refractivity contribution in [2.75, 3.05) is 6.54 Å². The van der Waals surface area contributed by atoms with Gasteiger partial charge in [-0.3, -0.25) is 9.89 Å². The fourth-order valence-electron chi connectivity index (χ4n) is 3.97. The Hall–Kier alpha value is -1.07. The van der Waals surface area contributed by atoms with Crippen molar-refractivity contribution in [3.05, 3.63) is 17.0 Å². The van der Waals surface area contributed by atoms with Gasteiger partial charge in [0.05, 0.1) is 0 Å². The zero-order valence-electron chi connectivity index (χ0n) is 15.1. The summed E-state index contributed by atoms with van der Waals surface area (Å²) in [5.74, 6) is 0.771. The number of amides is 1. The van der Waals surface area contributed by atoms with Crippen molar-refractivity contribution >= 4 is 18.3 Å². The fourth-order valence-corrected chi connectivity index (χ4v) is 3.97. The standard InChI is InChI=1S/C18H30N4O.ClH/c1-4-18(2,3)12-5-7-13(8-6-12)20-17(23)16-14-11-19-10-9-15(14)21-22-16;/h12-13,19H,4-11H2,1-3H3,(H,20,23)(H,21,22);1H. The molecule has 1 aliphatic heterocycles. The normalized spacial score (nSPS) is 24.0. The molecule has 2 aliphatic rings. The first-order valence-electron chi connectivity index (χ1n) is 9.09. The first-order chi connectivity index (χ1) is 11.0. The second kappa shape index (κ2) is 7.87. The van der Waals surface area contributed by atoms with Gasteiger partial charge < -0.3 is 10.6 Å². The molecule has 0 spiro atoms. The number of hydrogen-bond acceptors (Lipinski definition) is 3. The monoisotopic (exact) mass is 354 g/mol. The Balaban J connectivity index is 0.00000208. The average molecular weight is 355 g/mol. The van der Waals surface area contributed by atoms with Gasteiger partial charge in [0.1, 0.15) is 0 Å². The number of hydrogen-bond donors (Lipinski definition) is 3. The van der Waals surface area contributed by atoms with E-state index in [2.05, 4.69) is 41.6 Å². The molecule has 2 heterocycles. The van der Waals surface area contributed by atoms with Crippen molar-refractivity contribution < 1.29 is 4.79 Å². The third-order valence-electron chi connectivity index (χ3n) is 6.10. The number of carbonyl (C=O) groups excluding carboxylic acids is 1. The van der Waals surface area contributed by atoms with E-state index in [9.17, 15) is 4.79 Å². The molecule has 0 atom stereocenters. The van der Waals surface area contributed by atoms with Crippen LogP contribution in [0.5, 0.6) is 0 Å². The second-order valence-electron chi connectivity index (χ2n) is 7.82. The molecule has 24 heavy (non-hydrogen) atoms. The third kappa shape index (κ3) is 3.94. The summed E-state index contributed by atoms with van der Waals surface area (Å²) in [4.78, 5) is 12.6. The lowest BCUT2D eigenvalue weighted by Crippen LogP contribution is -2.40. The molecule has 1 aromatic rings. The van der Waals surface area contributed by atoms with E-state index in [0.717, 1.165) is 49.5 Å². The molecule has 3 rings (SSSR count). The first kappa shape index (κ1) is 19.3. The molecule has 6 heteroatoms. The maximum atomic E-state index is 12.6. The van der Waals surface area contributed by atoms with Gasteiger partial charge in [-0.15, -0.1) is 12.4 Å². The summed E-state index contributed by atoms with van der Waals surface area (Å²) in [5.41, 5.74) is 3.17. The highest BCUT2D eigenvalue weighted by Gasteiger charge is 2.32. The van der Waals surface area contributed by atoms with Crippen molar-refractivity contribution in [3.63, 3.8) is 0 Å². The van der Waals surface area contributed by atoms with Crippen molar-refractivity contribution in [2.45, 2.75) is 71.9 Å². The molecule has 0 unspecified atom stereocenters. The Bertz CT molecular complexity index is 561. The predicted molar refractivity (Wildman–Crippen MR) is 98.5 cm³/mol. The summed E-state index contributed by atoms with van der Waals surface area (Å²) in [5, 5.41) is 13.8. The van der Waals surface area contributed by atoms with Crippen LogP contribution in [0.15, 0.2) is 0 Å². The van der Waals surface area contributed by atoms with E-state index in [1.165, 1.54) is 19.3 Å². The smallest absolute Gasteiger partial charge is 0.272 e. The number of aromatic nitrogens is 2. The van der Waals surface area contributed by atoms with Gasteiger partial charge >= 0.3 is 0 Å². The lowest BCUT2D eigenvalue weighted by Gasteiger charge is -2.39. The lowest BCUT2D eigenvalue weighted by molar-refractivity contribution is 0.0887. The number of fused-ring (bicyclic) bond motifs is 1. The molecule has 1 aliphatic carbocycles. The number of nitrogens with one attached hydrogen (secondary N) is 3. The zero-order valence-corrected chi connectivity index (χ0v) is 15.9. The molecule has 1 fully saturated rings. The Morgan fingerprint density at radius 3 is 2.67 bits per heavy atom. The second-order valence-corrected chi connectivity index (χ2v) is 7.82. The highest BCUT2D eigenvalue weighted by molar-refractivity contribution is 5.94. The molecule has 1 amide bonds. The van der Waals surface area contributed by atoms with Crippen LogP contribution < -0.4 is 10.6 Å². The summed E-state index contributed by atoms with van der Waals surface area (Å²) in [7, 11) is 0. The summed E-state index contributed by atoms with van der Waals surface area (Å²) >= 11 is 0. The van der Waals surface area contributed by atoms with Gasteiger partial charge in [0.2, 0.25) is 0 Å². The van der Waals surface area contributed by atoms with E-state index in [-0.39, 0.29) is 18.3 Å². The van der Waals surface area contributed by atoms with Crippen LogP contribution in [0.25, 0.3) is 0 Å². The number of halogens is 1.